The summed E-state index contributed by atoms with van der Waals surface area (Å²) >= 11 is 5.93. The van der Waals surface area contributed by atoms with Gasteiger partial charge in [-0.1, -0.05) is 23.7 Å². The van der Waals surface area contributed by atoms with Crippen molar-refractivity contribution in [2.24, 2.45) is 10.7 Å². The Labute approximate surface area is 151 Å². The minimum absolute atomic E-state index is 0.125. The summed E-state index contributed by atoms with van der Waals surface area (Å²) in [6, 6.07) is 13.7. The number of rotatable bonds is 4. The minimum Gasteiger partial charge on any atom is -0.323 e. The fraction of sp³-hybridized carbons (Fsp3) is 0.150. The number of nitrogens with zero attached hydrogens (tertiary/aromatic N) is 3. The van der Waals surface area contributed by atoms with Gasteiger partial charge in [0.25, 0.3) is 0 Å². The maximum Gasteiger partial charge on any atom is 0.0855 e. The summed E-state index contributed by atoms with van der Waals surface area (Å²) in [5.41, 5.74) is 12.5. The zero-order chi connectivity index (χ0) is 17.2. The first-order chi connectivity index (χ1) is 12.2. The molecule has 4 rings (SSSR count). The van der Waals surface area contributed by atoms with Crippen LogP contribution in [0.3, 0.4) is 0 Å². The van der Waals surface area contributed by atoms with E-state index in [0.717, 1.165) is 45.2 Å². The normalized spacial score (nSPS) is 14.1. The summed E-state index contributed by atoms with van der Waals surface area (Å²) in [4.78, 5) is 13.4. The summed E-state index contributed by atoms with van der Waals surface area (Å²) in [6.07, 6.45) is 6.89. The summed E-state index contributed by atoms with van der Waals surface area (Å²) < 4.78 is 0. The highest BCUT2D eigenvalue weighted by atomic mass is 35.5. The molecule has 0 aliphatic carbocycles. The van der Waals surface area contributed by atoms with Crippen LogP contribution in [0.1, 0.15) is 11.3 Å². The molecule has 4 nitrogen and oxygen atoms in total. The largest absolute Gasteiger partial charge is 0.323 e. The number of aromatic nitrogens is 2. The molecule has 0 saturated carbocycles. The molecule has 1 aliphatic rings. The standard InChI is InChI=1S/C20H17ClN4/c21-16-3-1-13(2-4-16)9-17(22)18-11-19-20(25-18)10-15(12-24-19)14-5-7-23-8-6-14/h1-8,10,12,17H,9,11,22H2/t17-/m1/s1. The van der Waals surface area contributed by atoms with Crippen LogP contribution in [0, 0.1) is 0 Å². The lowest BCUT2D eigenvalue weighted by Crippen LogP contribution is -2.32. The second-order valence-electron chi connectivity index (χ2n) is 6.14. The van der Waals surface area contributed by atoms with Gasteiger partial charge in [-0.25, -0.2) is 0 Å². The van der Waals surface area contributed by atoms with Gasteiger partial charge < -0.3 is 5.73 Å². The third-order valence-electron chi connectivity index (χ3n) is 4.37. The van der Waals surface area contributed by atoms with Gasteiger partial charge >= 0.3 is 0 Å². The van der Waals surface area contributed by atoms with Crippen molar-refractivity contribution in [3.05, 3.63) is 77.3 Å². The Balaban J connectivity index is 1.54. The second-order valence-corrected chi connectivity index (χ2v) is 6.58. The van der Waals surface area contributed by atoms with Gasteiger partial charge in [0.05, 0.1) is 11.4 Å². The lowest BCUT2D eigenvalue weighted by molar-refractivity contribution is 0.838. The molecule has 0 saturated heterocycles. The predicted octanol–water partition coefficient (Wildman–Crippen LogP) is 4.00. The summed E-state index contributed by atoms with van der Waals surface area (Å²) in [5, 5.41) is 0.732. The molecule has 5 heteroatoms. The molecule has 0 amide bonds. The smallest absolute Gasteiger partial charge is 0.0855 e. The van der Waals surface area contributed by atoms with Gasteiger partial charge in [-0.3, -0.25) is 15.0 Å². The first-order valence-corrected chi connectivity index (χ1v) is 8.53. The van der Waals surface area contributed by atoms with E-state index in [2.05, 4.69) is 16.0 Å². The highest BCUT2D eigenvalue weighted by molar-refractivity contribution is 6.30. The van der Waals surface area contributed by atoms with E-state index < -0.39 is 0 Å². The molecule has 3 aromatic rings. The third-order valence-corrected chi connectivity index (χ3v) is 4.62. The summed E-state index contributed by atoms with van der Waals surface area (Å²) in [5.74, 6) is 0. The fourth-order valence-electron chi connectivity index (χ4n) is 2.99. The average molecular weight is 349 g/mol. The maximum atomic E-state index is 6.38. The topological polar surface area (TPSA) is 64.2 Å². The Bertz CT molecular complexity index is 920. The zero-order valence-electron chi connectivity index (χ0n) is 13.6. The first-order valence-electron chi connectivity index (χ1n) is 8.16. The third kappa shape index (κ3) is 3.45. The van der Waals surface area contributed by atoms with Gasteiger partial charge in [-0.2, -0.15) is 0 Å². The van der Waals surface area contributed by atoms with E-state index >= 15 is 0 Å². The van der Waals surface area contributed by atoms with Gasteiger partial charge in [0, 0.05) is 47.4 Å². The van der Waals surface area contributed by atoms with E-state index in [1.807, 2.05) is 42.6 Å². The Kier molecular flexibility index (Phi) is 4.30. The number of aliphatic imine (C=N–C) groups is 1. The number of nitrogens with two attached hydrogens (primary N) is 1. The molecule has 25 heavy (non-hydrogen) atoms. The SMILES string of the molecule is N[C@H](Cc1ccc(Cl)cc1)C1=Nc2cc(-c3ccncc3)cnc2C1. The van der Waals surface area contributed by atoms with Crippen molar-refractivity contribution in [3.8, 4) is 11.1 Å². The van der Waals surface area contributed by atoms with E-state index in [9.17, 15) is 0 Å². The number of hydrogen-bond acceptors (Lipinski definition) is 4. The highest BCUT2D eigenvalue weighted by Crippen LogP contribution is 2.30. The predicted molar refractivity (Wildman–Crippen MR) is 101 cm³/mol. The number of benzene rings is 1. The number of pyridine rings is 2. The lowest BCUT2D eigenvalue weighted by Gasteiger charge is -2.11. The molecular weight excluding hydrogens is 332 g/mol. The highest BCUT2D eigenvalue weighted by Gasteiger charge is 2.21. The van der Waals surface area contributed by atoms with Gasteiger partial charge in [-0.15, -0.1) is 0 Å². The maximum absolute atomic E-state index is 6.38. The summed E-state index contributed by atoms with van der Waals surface area (Å²) in [6.45, 7) is 0. The number of fused-ring (bicyclic) bond motifs is 1. The molecule has 1 atom stereocenters. The van der Waals surface area contributed by atoms with Gasteiger partial charge in [0.15, 0.2) is 0 Å². The average Bonchev–Trinajstić information content (AvgIpc) is 3.08. The first kappa shape index (κ1) is 15.9. The molecule has 0 spiro atoms. The molecule has 1 aliphatic heterocycles. The van der Waals surface area contributed by atoms with Gasteiger partial charge in [0.1, 0.15) is 0 Å². The van der Waals surface area contributed by atoms with E-state index in [0.29, 0.717) is 6.42 Å². The van der Waals surface area contributed by atoms with Gasteiger partial charge in [0.2, 0.25) is 0 Å². The van der Waals surface area contributed by atoms with Crippen LogP contribution >= 0.6 is 11.6 Å². The monoisotopic (exact) mass is 348 g/mol. The van der Waals surface area contributed by atoms with Crippen LogP contribution < -0.4 is 5.73 Å². The lowest BCUT2D eigenvalue weighted by atomic mass is 10.0. The van der Waals surface area contributed by atoms with E-state index in [1.54, 1.807) is 12.4 Å². The molecule has 0 radical (unpaired) electrons. The molecular formula is C20H17ClN4. The van der Waals surface area contributed by atoms with Crippen molar-refractivity contribution >= 4 is 23.0 Å². The van der Waals surface area contributed by atoms with Crippen LogP contribution in [0.15, 0.2) is 66.0 Å². The second kappa shape index (κ2) is 6.75. The van der Waals surface area contributed by atoms with Gasteiger partial charge in [-0.05, 0) is 47.9 Å². The van der Waals surface area contributed by atoms with E-state index in [1.165, 1.54) is 0 Å². The molecule has 2 N–H and O–H groups in total. The van der Waals surface area contributed by atoms with Crippen LogP contribution in [-0.2, 0) is 12.8 Å². The minimum atomic E-state index is -0.125. The van der Waals surface area contributed by atoms with Crippen LogP contribution in [0.2, 0.25) is 5.02 Å². The summed E-state index contributed by atoms with van der Waals surface area (Å²) in [7, 11) is 0. The van der Waals surface area contributed by atoms with E-state index in [-0.39, 0.29) is 6.04 Å². The molecule has 0 bridgehead atoms. The Morgan fingerprint density at radius 2 is 1.80 bits per heavy atom. The van der Waals surface area contributed by atoms with Crippen LogP contribution in [0.4, 0.5) is 5.69 Å². The fourth-order valence-corrected chi connectivity index (χ4v) is 3.11. The van der Waals surface area contributed by atoms with Crippen molar-refractivity contribution in [3.63, 3.8) is 0 Å². The molecule has 2 aromatic heterocycles. The zero-order valence-corrected chi connectivity index (χ0v) is 14.3. The number of halogens is 1. The molecule has 1 aromatic carbocycles. The molecule has 0 fully saturated rings. The van der Waals surface area contributed by atoms with Crippen molar-refractivity contribution in [2.45, 2.75) is 18.9 Å². The quantitative estimate of drug-likeness (QED) is 0.775. The van der Waals surface area contributed by atoms with Crippen molar-refractivity contribution in [1.82, 2.24) is 9.97 Å². The Morgan fingerprint density at radius 1 is 1.04 bits per heavy atom. The van der Waals surface area contributed by atoms with Crippen LogP contribution in [0.5, 0.6) is 0 Å². The van der Waals surface area contributed by atoms with Crippen LogP contribution in [-0.4, -0.2) is 21.7 Å². The molecule has 124 valence electrons. The van der Waals surface area contributed by atoms with Crippen molar-refractivity contribution in [2.75, 3.05) is 0 Å². The Morgan fingerprint density at radius 3 is 2.56 bits per heavy atom. The molecule has 0 unspecified atom stereocenters. The van der Waals surface area contributed by atoms with Crippen LogP contribution in [0.25, 0.3) is 11.1 Å². The van der Waals surface area contributed by atoms with Crippen molar-refractivity contribution < 1.29 is 0 Å². The Hall–Kier alpha value is -2.56. The molecule has 3 heterocycles. The van der Waals surface area contributed by atoms with E-state index in [4.69, 9.17) is 22.3 Å². The number of hydrogen-bond donors (Lipinski definition) is 1. The van der Waals surface area contributed by atoms with Crippen molar-refractivity contribution in [1.29, 1.82) is 0 Å².